The van der Waals surface area contributed by atoms with E-state index in [0.29, 0.717) is 38.9 Å². The minimum atomic E-state index is -0.225. The molecule has 2 aromatic carbocycles. The smallest absolute Gasteiger partial charge is 0.261 e. The van der Waals surface area contributed by atoms with E-state index in [9.17, 15) is 4.79 Å². The summed E-state index contributed by atoms with van der Waals surface area (Å²) in [5.41, 5.74) is 1.18. The number of thiazole rings is 1. The van der Waals surface area contributed by atoms with Gasteiger partial charge in [0.25, 0.3) is 5.91 Å². The Hall–Kier alpha value is -1.37. The molecule has 140 valence electrons. The van der Waals surface area contributed by atoms with Crippen LogP contribution in [0.3, 0.4) is 0 Å². The Morgan fingerprint density at radius 3 is 2.70 bits per heavy atom. The zero-order valence-corrected chi connectivity index (χ0v) is 17.2. The second kappa shape index (κ2) is 7.94. The van der Waals surface area contributed by atoms with Crippen LogP contribution >= 0.6 is 46.1 Å². The molecule has 1 saturated heterocycles. The van der Waals surface area contributed by atoms with Crippen molar-refractivity contribution < 1.29 is 9.53 Å². The van der Waals surface area contributed by atoms with Gasteiger partial charge in [0.15, 0.2) is 5.13 Å². The minimum absolute atomic E-state index is 0.0179. The number of carbonyl (C=O) groups excluding carboxylic acids is 1. The van der Waals surface area contributed by atoms with Gasteiger partial charge in [0.2, 0.25) is 0 Å². The van der Waals surface area contributed by atoms with Crippen LogP contribution in [0.4, 0.5) is 5.13 Å². The van der Waals surface area contributed by atoms with Crippen molar-refractivity contribution in [2.24, 2.45) is 0 Å². The number of anilines is 1. The lowest BCUT2D eigenvalue weighted by Crippen LogP contribution is -2.37. The highest BCUT2D eigenvalue weighted by molar-refractivity contribution is 7.22. The molecule has 0 N–H and O–H groups in total. The molecule has 0 bridgehead atoms. The first-order chi connectivity index (χ1) is 13.0. The molecular formula is C19H15Cl3N2O2S. The number of ether oxygens (including phenoxy) is 1. The van der Waals surface area contributed by atoms with E-state index in [1.807, 2.05) is 12.1 Å². The maximum atomic E-state index is 13.3. The van der Waals surface area contributed by atoms with Crippen molar-refractivity contribution in [3.63, 3.8) is 0 Å². The Balaban J connectivity index is 1.73. The summed E-state index contributed by atoms with van der Waals surface area (Å²) >= 11 is 19.8. The van der Waals surface area contributed by atoms with Crippen molar-refractivity contribution >= 4 is 67.4 Å². The fourth-order valence-electron chi connectivity index (χ4n) is 3.05. The normalized spacial score (nSPS) is 16.8. The number of carbonyl (C=O) groups is 1. The van der Waals surface area contributed by atoms with Crippen LogP contribution in [0.2, 0.25) is 15.1 Å². The van der Waals surface area contributed by atoms with Crippen LogP contribution in [-0.2, 0) is 4.74 Å². The third-order valence-electron chi connectivity index (χ3n) is 4.39. The number of fused-ring (bicyclic) bond motifs is 1. The minimum Gasteiger partial charge on any atom is -0.376 e. The van der Waals surface area contributed by atoms with Gasteiger partial charge in [0.05, 0.1) is 33.5 Å². The molecule has 4 nitrogen and oxygen atoms in total. The van der Waals surface area contributed by atoms with E-state index in [1.165, 1.54) is 11.3 Å². The average Bonchev–Trinajstić information content (AvgIpc) is 3.28. The number of halogens is 3. The zero-order chi connectivity index (χ0) is 19.0. The van der Waals surface area contributed by atoms with E-state index in [0.717, 1.165) is 23.1 Å². The van der Waals surface area contributed by atoms with Gasteiger partial charge in [-0.1, -0.05) is 46.1 Å². The number of rotatable bonds is 4. The second-order valence-corrected chi connectivity index (χ2v) is 8.57. The highest BCUT2D eigenvalue weighted by Crippen LogP contribution is 2.33. The Morgan fingerprint density at radius 1 is 1.19 bits per heavy atom. The van der Waals surface area contributed by atoms with Crippen LogP contribution in [0.25, 0.3) is 10.2 Å². The molecule has 1 aromatic heterocycles. The van der Waals surface area contributed by atoms with Gasteiger partial charge in [0.1, 0.15) is 0 Å². The predicted octanol–water partition coefficient (Wildman–Crippen LogP) is 6.08. The summed E-state index contributed by atoms with van der Waals surface area (Å²) in [6.45, 7) is 1.13. The van der Waals surface area contributed by atoms with Gasteiger partial charge < -0.3 is 4.74 Å². The van der Waals surface area contributed by atoms with E-state index in [4.69, 9.17) is 39.5 Å². The summed E-state index contributed by atoms with van der Waals surface area (Å²) in [5.74, 6) is -0.225. The molecule has 4 rings (SSSR count). The maximum absolute atomic E-state index is 13.3. The third kappa shape index (κ3) is 4.08. The van der Waals surface area contributed by atoms with Gasteiger partial charge in [0, 0.05) is 16.7 Å². The van der Waals surface area contributed by atoms with Gasteiger partial charge in [-0.2, -0.15) is 0 Å². The summed E-state index contributed by atoms with van der Waals surface area (Å²) < 4.78 is 6.66. The lowest BCUT2D eigenvalue weighted by molar-refractivity contribution is 0.0917. The Kier molecular flexibility index (Phi) is 5.58. The molecule has 1 atom stereocenters. The molecule has 1 amide bonds. The molecule has 1 fully saturated rings. The number of benzene rings is 2. The lowest BCUT2D eigenvalue weighted by Gasteiger charge is -2.23. The van der Waals surface area contributed by atoms with Crippen LogP contribution in [0.1, 0.15) is 23.2 Å². The van der Waals surface area contributed by atoms with Crippen LogP contribution in [0, 0.1) is 0 Å². The Morgan fingerprint density at radius 2 is 1.96 bits per heavy atom. The van der Waals surface area contributed by atoms with Gasteiger partial charge in [-0.05, 0) is 49.2 Å². The number of nitrogens with zero attached hydrogens (tertiary/aromatic N) is 2. The Labute approximate surface area is 175 Å². The molecule has 0 radical (unpaired) electrons. The number of hydrogen-bond acceptors (Lipinski definition) is 4. The summed E-state index contributed by atoms with van der Waals surface area (Å²) in [7, 11) is 0. The van der Waals surface area contributed by atoms with E-state index in [-0.39, 0.29) is 12.0 Å². The van der Waals surface area contributed by atoms with Crippen molar-refractivity contribution in [1.29, 1.82) is 0 Å². The largest absolute Gasteiger partial charge is 0.376 e. The van der Waals surface area contributed by atoms with Crippen LogP contribution in [0.5, 0.6) is 0 Å². The zero-order valence-electron chi connectivity index (χ0n) is 14.1. The van der Waals surface area contributed by atoms with Crippen molar-refractivity contribution in [2.75, 3.05) is 18.1 Å². The summed E-state index contributed by atoms with van der Waals surface area (Å²) in [5, 5.41) is 2.03. The van der Waals surface area contributed by atoms with Crippen LogP contribution in [-0.4, -0.2) is 30.1 Å². The molecule has 27 heavy (non-hydrogen) atoms. The van der Waals surface area contributed by atoms with Crippen LogP contribution < -0.4 is 4.90 Å². The van der Waals surface area contributed by atoms with E-state index in [1.54, 1.807) is 29.2 Å². The van der Waals surface area contributed by atoms with Crippen molar-refractivity contribution in [3.05, 3.63) is 57.0 Å². The first-order valence-corrected chi connectivity index (χ1v) is 10.4. The standard InChI is InChI=1S/C19H15Cl3N2O2S/c20-11-3-5-14(15(22)8-11)18(25)24(10-13-2-1-7-26-13)19-23-16-6-4-12(21)9-17(16)27-19/h3-6,8-9,13H,1-2,7,10H2. The van der Waals surface area contributed by atoms with E-state index in [2.05, 4.69) is 4.98 Å². The molecule has 0 aliphatic carbocycles. The van der Waals surface area contributed by atoms with Crippen molar-refractivity contribution in [1.82, 2.24) is 4.98 Å². The molecule has 1 aliphatic heterocycles. The highest BCUT2D eigenvalue weighted by Gasteiger charge is 2.28. The quantitative estimate of drug-likeness (QED) is 0.492. The first kappa shape index (κ1) is 19.0. The monoisotopic (exact) mass is 440 g/mol. The van der Waals surface area contributed by atoms with Gasteiger partial charge in [-0.25, -0.2) is 4.98 Å². The topological polar surface area (TPSA) is 42.4 Å². The highest BCUT2D eigenvalue weighted by atomic mass is 35.5. The summed E-state index contributed by atoms with van der Waals surface area (Å²) in [6.07, 6.45) is 1.88. The average molecular weight is 442 g/mol. The molecular weight excluding hydrogens is 427 g/mol. The van der Waals surface area contributed by atoms with Crippen molar-refractivity contribution in [3.8, 4) is 0 Å². The molecule has 1 aliphatic rings. The first-order valence-electron chi connectivity index (χ1n) is 8.46. The van der Waals surface area contributed by atoms with Crippen molar-refractivity contribution in [2.45, 2.75) is 18.9 Å². The number of amides is 1. The predicted molar refractivity (Wildman–Crippen MR) is 112 cm³/mol. The van der Waals surface area contributed by atoms with Gasteiger partial charge in [-0.15, -0.1) is 0 Å². The number of aromatic nitrogens is 1. The van der Waals surface area contributed by atoms with Gasteiger partial charge in [-0.3, -0.25) is 9.69 Å². The fourth-order valence-corrected chi connectivity index (χ4v) is 4.79. The summed E-state index contributed by atoms with van der Waals surface area (Å²) in [4.78, 5) is 19.6. The van der Waals surface area contributed by atoms with E-state index >= 15 is 0 Å². The summed E-state index contributed by atoms with van der Waals surface area (Å²) in [6, 6.07) is 10.3. The molecule has 8 heteroatoms. The molecule has 2 heterocycles. The molecule has 3 aromatic rings. The maximum Gasteiger partial charge on any atom is 0.261 e. The second-order valence-electron chi connectivity index (χ2n) is 6.28. The fraction of sp³-hybridized carbons (Fsp3) is 0.263. The number of hydrogen-bond donors (Lipinski definition) is 0. The molecule has 1 unspecified atom stereocenters. The van der Waals surface area contributed by atoms with E-state index < -0.39 is 0 Å². The van der Waals surface area contributed by atoms with Crippen LogP contribution in [0.15, 0.2) is 36.4 Å². The third-order valence-corrected chi connectivity index (χ3v) is 6.21. The van der Waals surface area contributed by atoms with Gasteiger partial charge >= 0.3 is 0 Å². The molecule has 0 saturated carbocycles. The SMILES string of the molecule is O=C(c1ccc(Cl)cc1Cl)N(CC1CCCO1)c1nc2ccc(Cl)cc2s1. The Bertz CT molecular complexity index is 1000. The lowest BCUT2D eigenvalue weighted by atomic mass is 10.1. The molecule has 0 spiro atoms.